The first-order valence-electron chi connectivity index (χ1n) is 11.0. The molecule has 0 spiro atoms. The highest BCUT2D eigenvalue weighted by atomic mass is 32.2. The third-order valence-corrected chi connectivity index (χ3v) is 6.67. The predicted molar refractivity (Wildman–Crippen MR) is 138 cm³/mol. The molecule has 1 saturated heterocycles. The van der Waals surface area contributed by atoms with Gasteiger partial charge in [-0.25, -0.2) is 0 Å². The lowest BCUT2D eigenvalue weighted by Crippen LogP contribution is -2.29. The fourth-order valence-corrected chi connectivity index (χ4v) is 4.88. The summed E-state index contributed by atoms with van der Waals surface area (Å²) in [6.45, 7) is 7.50. The fourth-order valence-electron chi connectivity index (χ4n) is 3.59. The van der Waals surface area contributed by atoms with Crippen molar-refractivity contribution in [1.82, 2.24) is 14.3 Å². The molecule has 0 unspecified atom stereocenters. The number of benzene rings is 1. The van der Waals surface area contributed by atoms with Gasteiger partial charge in [-0.15, -0.1) is 0 Å². The molecular formula is C25H25N3O4S2. The van der Waals surface area contributed by atoms with Gasteiger partial charge in [0.1, 0.15) is 21.3 Å². The molecule has 0 saturated carbocycles. The number of thiocarbonyl (C=S) groups is 1. The lowest BCUT2D eigenvalue weighted by molar-refractivity contribution is -0.122. The summed E-state index contributed by atoms with van der Waals surface area (Å²) in [6.07, 6.45) is 3.85. The molecule has 3 heterocycles. The van der Waals surface area contributed by atoms with E-state index in [2.05, 4.69) is 4.98 Å². The molecule has 176 valence electrons. The number of carbonyl (C=O) groups is 1. The number of thioether (sulfide) groups is 1. The Balaban J connectivity index is 1.74. The summed E-state index contributed by atoms with van der Waals surface area (Å²) < 4.78 is 13.4. The minimum Gasteiger partial charge on any atom is -0.438 e. The summed E-state index contributed by atoms with van der Waals surface area (Å²) in [4.78, 5) is 32.9. The van der Waals surface area contributed by atoms with Gasteiger partial charge in [0.05, 0.1) is 4.91 Å². The van der Waals surface area contributed by atoms with E-state index in [1.54, 1.807) is 29.3 Å². The van der Waals surface area contributed by atoms with Crippen LogP contribution in [0.1, 0.15) is 30.0 Å². The van der Waals surface area contributed by atoms with Crippen LogP contribution in [0, 0.1) is 13.8 Å². The van der Waals surface area contributed by atoms with Crippen molar-refractivity contribution in [2.75, 3.05) is 19.8 Å². The zero-order valence-electron chi connectivity index (χ0n) is 19.2. The number of hydrogen-bond donors (Lipinski definition) is 0. The van der Waals surface area contributed by atoms with Crippen molar-refractivity contribution in [3.8, 4) is 11.6 Å². The number of fused-ring (bicyclic) bond motifs is 1. The highest BCUT2D eigenvalue weighted by Gasteiger charge is 2.32. The third-order valence-electron chi connectivity index (χ3n) is 5.29. The topological polar surface area (TPSA) is 73.1 Å². The number of rotatable bonds is 8. The Hall–Kier alpha value is -3.01. The summed E-state index contributed by atoms with van der Waals surface area (Å²) in [5.74, 6) is 0.502. The first-order chi connectivity index (χ1) is 16.4. The lowest BCUT2D eigenvalue weighted by atomic mass is 10.1. The average Bonchev–Trinajstić information content (AvgIpc) is 3.08. The Morgan fingerprint density at radius 2 is 2.00 bits per heavy atom. The molecule has 3 aromatic rings. The van der Waals surface area contributed by atoms with E-state index < -0.39 is 0 Å². The van der Waals surface area contributed by atoms with Crippen LogP contribution in [0.2, 0.25) is 0 Å². The van der Waals surface area contributed by atoms with Gasteiger partial charge in [0, 0.05) is 26.0 Å². The average molecular weight is 496 g/mol. The first kappa shape index (κ1) is 24.1. The molecule has 9 heteroatoms. The monoisotopic (exact) mass is 495 g/mol. The van der Waals surface area contributed by atoms with Crippen molar-refractivity contribution < 1.29 is 14.3 Å². The highest BCUT2D eigenvalue weighted by molar-refractivity contribution is 8.26. The van der Waals surface area contributed by atoms with Crippen LogP contribution in [0.25, 0.3) is 11.7 Å². The molecule has 0 bridgehead atoms. The summed E-state index contributed by atoms with van der Waals surface area (Å²) in [5, 5.41) is 0. The standard InChI is InChI=1S/C25H25N3O4S2/c1-4-31-13-7-12-28-24(30)20(34-25(28)33)15-18-22(32-19-10-9-16(2)14-17(19)3)26-21-8-5-6-11-27(21)23(18)29/h5-6,8-11,14-15H,4,7,12-13H2,1-3H3/b20-15+. The summed E-state index contributed by atoms with van der Waals surface area (Å²) in [6, 6.07) is 11.1. The van der Waals surface area contributed by atoms with E-state index in [9.17, 15) is 9.59 Å². The second-order valence-electron chi connectivity index (χ2n) is 7.82. The van der Waals surface area contributed by atoms with Gasteiger partial charge in [-0.1, -0.05) is 47.7 Å². The minimum atomic E-state index is -0.327. The smallest absolute Gasteiger partial charge is 0.269 e. The Labute approximate surface area is 207 Å². The number of pyridine rings is 1. The molecule has 4 rings (SSSR count). The molecule has 7 nitrogen and oxygen atoms in total. The van der Waals surface area contributed by atoms with Crippen LogP contribution >= 0.6 is 24.0 Å². The first-order valence-corrected chi connectivity index (χ1v) is 12.2. The van der Waals surface area contributed by atoms with Gasteiger partial charge < -0.3 is 9.47 Å². The maximum atomic E-state index is 13.4. The third kappa shape index (κ3) is 5.06. The number of amides is 1. The number of hydrogen-bond acceptors (Lipinski definition) is 7. The van der Waals surface area contributed by atoms with E-state index in [4.69, 9.17) is 21.7 Å². The largest absolute Gasteiger partial charge is 0.438 e. The van der Waals surface area contributed by atoms with Gasteiger partial charge in [0.15, 0.2) is 0 Å². The number of ether oxygens (including phenoxy) is 2. The van der Waals surface area contributed by atoms with Crippen molar-refractivity contribution in [2.24, 2.45) is 0 Å². The molecule has 0 atom stereocenters. The van der Waals surface area contributed by atoms with Gasteiger partial charge in [-0.3, -0.25) is 18.9 Å². The maximum Gasteiger partial charge on any atom is 0.269 e. The Morgan fingerprint density at radius 3 is 2.76 bits per heavy atom. The lowest BCUT2D eigenvalue weighted by Gasteiger charge is -2.14. The van der Waals surface area contributed by atoms with Crippen LogP contribution < -0.4 is 10.3 Å². The zero-order valence-corrected chi connectivity index (χ0v) is 20.9. The van der Waals surface area contributed by atoms with Gasteiger partial charge in [0.2, 0.25) is 5.88 Å². The number of nitrogens with zero attached hydrogens (tertiary/aromatic N) is 3. The van der Waals surface area contributed by atoms with E-state index >= 15 is 0 Å². The van der Waals surface area contributed by atoms with E-state index in [0.717, 1.165) is 11.1 Å². The van der Waals surface area contributed by atoms with Crippen LogP contribution in [0.3, 0.4) is 0 Å². The quantitative estimate of drug-likeness (QED) is 0.254. The van der Waals surface area contributed by atoms with Crippen LogP contribution in [0.15, 0.2) is 52.3 Å². The highest BCUT2D eigenvalue weighted by Crippen LogP contribution is 2.34. The molecule has 1 aliphatic rings. The van der Waals surface area contributed by atoms with Crippen LogP contribution in [-0.2, 0) is 9.53 Å². The van der Waals surface area contributed by atoms with Gasteiger partial charge in [-0.05, 0) is 57.0 Å². The van der Waals surface area contributed by atoms with Crippen molar-refractivity contribution in [3.05, 3.63) is 74.5 Å². The van der Waals surface area contributed by atoms with E-state index in [-0.39, 0.29) is 22.9 Å². The summed E-state index contributed by atoms with van der Waals surface area (Å²) >= 11 is 6.59. The molecule has 0 radical (unpaired) electrons. The molecule has 1 amide bonds. The predicted octanol–water partition coefficient (Wildman–Crippen LogP) is 4.73. The van der Waals surface area contributed by atoms with Crippen LogP contribution in [0.4, 0.5) is 0 Å². The molecule has 0 aliphatic carbocycles. The second kappa shape index (κ2) is 10.5. The molecule has 1 fully saturated rings. The molecular weight excluding hydrogens is 470 g/mol. The molecule has 0 N–H and O–H groups in total. The number of carbonyl (C=O) groups excluding carboxylic acids is 1. The van der Waals surface area contributed by atoms with Crippen molar-refractivity contribution in [2.45, 2.75) is 27.2 Å². The minimum absolute atomic E-state index is 0.143. The van der Waals surface area contributed by atoms with Crippen molar-refractivity contribution in [1.29, 1.82) is 0 Å². The van der Waals surface area contributed by atoms with E-state index in [0.29, 0.717) is 46.8 Å². The molecule has 2 aromatic heterocycles. The molecule has 1 aromatic carbocycles. The van der Waals surface area contributed by atoms with Crippen molar-refractivity contribution in [3.63, 3.8) is 0 Å². The molecule has 1 aliphatic heterocycles. The number of aryl methyl sites for hydroxylation is 2. The Bertz CT molecular complexity index is 1350. The van der Waals surface area contributed by atoms with E-state index in [1.165, 1.54) is 22.2 Å². The number of aromatic nitrogens is 2. The second-order valence-corrected chi connectivity index (χ2v) is 9.50. The maximum absolute atomic E-state index is 13.4. The zero-order chi connectivity index (χ0) is 24.2. The van der Waals surface area contributed by atoms with Crippen LogP contribution in [-0.4, -0.2) is 44.3 Å². The fraction of sp³-hybridized carbons (Fsp3) is 0.280. The van der Waals surface area contributed by atoms with E-state index in [1.807, 2.05) is 39.0 Å². The Morgan fingerprint density at radius 1 is 1.18 bits per heavy atom. The Kier molecular flexibility index (Phi) is 7.45. The van der Waals surface area contributed by atoms with Crippen molar-refractivity contribution >= 4 is 45.9 Å². The molecule has 34 heavy (non-hydrogen) atoms. The summed E-state index contributed by atoms with van der Waals surface area (Å²) in [7, 11) is 0. The normalized spacial score (nSPS) is 15.0. The van der Waals surface area contributed by atoms with Gasteiger partial charge >= 0.3 is 0 Å². The van der Waals surface area contributed by atoms with Gasteiger partial charge in [0.25, 0.3) is 11.5 Å². The SMILES string of the molecule is CCOCCCN1C(=O)/C(=C\c2c(Oc3ccc(C)cc3C)nc3ccccn3c2=O)SC1=S. The summed E-state index contributed by atoms with van der Waals surface area (Å²) in [5.41, 5.74) is 2.34. The van der Waals surface area contributed by atoms with Gasteiger partial charge in [-0.2, -0.15) is 4.98 Å². The van der Waals surface area contributed by atoms with Crippen LogP contribution in [0.5, 0.6) is 11.6 Å².